The highest BCUT2D eigenvalue weighted by molar-refractivity contribution is 6.31. The third kappa shape index (κ3) is 3.91. The lowest BCUT2D eigenvalue weighted by Crippen LogP contribution is -2.48. The highest BCUT2D eigenvalue weighted by Gasteiger charge is 2.24. The van der Waals surface area contributed by atoms with E-state index in [9.17, 15) is 9.18 Å². The number of carbonyl (C=O) groups is 1. The van der Waals surface area contributed by atoms with Crippen LogP contribution in [0.5, 0.6) is 0 Å². The number of nitrogens with one attached hydrogen (secondary N) is 1. The molecule has 0 aliphatic carbocycles. The number of hydrogen-bond donors (Lipinski definition) is 2. The predicted octanol–water partition coefficient (Wildman–Crippen LogP) is 2.23. The fraction of sp³-hybridized carbons (Fsp3) is 0.500. The Morgan fingerprint density at radius 1 is 1.60 bits per heavy atom. The summed E-state index contributed by atoms with van der Waals surface area (Å²) in [6.45, 7) is 3.20. The summed E-state index contributed by atoms with van der Waals surface area (Å²) in [5, 5.41) is 2.73. The lowest BCUT2D eigenvalue weighted by Gasteiger charge is -2.35. The van der Waals surface area contributed by atoms with Crippen molar-refractivity contribution in [1.29, 1.82) is 0 Å². The first-order valence-electron chi connectivity index (χ1n) is 6.70. The largest absolute Gasteiger partial charge is 0.328 e. The number of carbonyl (C=O) groups excluding carboxylic acids is 1. The predicted molar refractivity (Wildman–Crippen MR) is 78.3 cm³/mol. The molecule has 1 heterocycles. The molecule has 0 radical (unpaired) electrons. The molecule has 2 atom stereocenters. The Morgan fingerprint density at radius 3 is 3.00 bits per heavy atom. The Kier molecular flexibility index (Phi) is 4.96. The minimum atomic E-state index is -0.497. The first-order chi connectivity index (χ1) is 9.45. The topological polar surface area (TPSA) is 58.4 Å². The van der Waals surface area contributed by atoms with Gasteiger partial charge in [-0.05, 0) is 38.0 Å². The molecule has 1 fully saturated rings. The molecule has 1 aromatic rings. The number of likely N-dealkylation sites (tertiary alicyclic amines) is 1. The van der Waals surface area contributed by atoms with Crippen molar-refractivity contribution in [3.63, 3.8) is 0 Å². The van der Waals surface area contributed by atoms with Crippen LogP contribution in [-0.2, 0) is 4.79 Å². The van der Waals surface area contributed by atoms with Gasteiger partial charge < -0.3 is 11.1 Å². The van der Waals surface area contributed by atoms with Gasteiger partial charge in [0.25, 0.3) is 0 Å². The number of nitrogens with zero attached hydrogens (tertiary/aromatic N) is 1. The van der Waals surface area contributed by atoms with Crippen LogP contribution in [-0.4, -0.2) is 36.0 Å². The van der Waals surface area contributed by atoms with E-state index in [2.05, 4.69) is 17.1 Å². The Morgan fingerprint density at radius 2 is 2.35 bits per heavy atom. The van der Waals surface area contributed by atoms with Gasteiger partial charge in [-0.2, -0.15) is 0 Å². The maximum Gasteiger partial charge on any atom is 0.238 e. The van der Waals surface area contributed by atoms with Crippen LogP contribution in [0.2, 0.25) is 5.02 Å². The summed E-state index contributed by atoms with van der Waals surface area (Å²) in [6.07, 6.45) is 1.80. The molecule has 20 heavy (non-hydrogen) atoms. The smallest absolute Gasteiger partial charge is 0.238 e. The summed E-state index contributed by atoms with van der Waals surface area (Å²) in [6, 6.07) is 4.65. The van der Waals surface area contributed by atoms with Gasteiger partial charge in [0, 0.05) is 24.3 Å². The minimum absolute atomic E-state index is 0.000106. The summed E-state index contributed by atoms with van der Waals surface area (Å²) in [7, 11) is 0. The molecule has 1 amide bonds. The monoisotopic (exact) mass is 299 g/mol. The second-order valence-corrected chi connectivity index (χ2v) is 5.69. The Balaban J connectivity index is 1.90. The van der Waals surface area contributed by atoms with Crippen LogP contribution >= 0.6 is 11.6 Å². The van der Waals surface area contributed by atoms with E-state index in [0.717, 1.165) is 19.4 Å². The number of rotatable bonds is 3. The third-order valence-electron chi connectivity index (χ3n) is 3.60. The third-order valence-corrected chi connectivity index (χ3v) is 3.89. The zero-order valence-electron chi connectivity index (χ0n) is 11.4. The maximum absolute atomic E-state index is 13.0. The molecule has 4 nitrogen and oxygen atoms in total. The summed E-state index contributed by atoms with van der Waals surface area (Å²) in [5.41, 5.74) is 6.40. The standard InChI is InChI=1S/C14H19ClFN3O/c1-9-6-10(17)4-5-19(9)8-14(20)18-11-2-3-13(16)12(15)7-11/h2-3,7,9-10H,4-6,8,17H2,1H3,(H,18,20). The van der Waals surface area contributed by atoms with Crippen LogP contribution in [0.1, 0.15) is 19.8 Å². The molecular formula is C14H19ClFN3O. The molecule has 1 saturated heterocycles. The zero-order valence-corrected chi connectivity index (χ0v) is 12.2. The SMILES string of the molecule is CC1CC(N)CCN1CC(=O)Nc1ccc(F)c(Cl)c1. The minimum Gasteiger partial charge on any atom is -0.328 e. The van der Waals surface area contributed by atoms with Crippen molar-refractivity contribution < 1.29 is 9.18 Å². The van der Waals surface area contributed by atoms with Gasteiger partial charge in [0.05, 0.1) is 11.6 Å². The lowest BCUT2D eigenvalue weighted by atomic mass is 9.99. The molecule has 110 valence electrons. The number of halogens is 2. The van der Waals surface area contributed by atoms with Crippen molar-refractivity contribution in [2.24, 2.45) is 5.73 Å². The van der Waals surface area contributed by atoms with Crippen molar-refractivity contribution in [3.8, 4) is 0 Å². The highest BCUT2D eigenvalue weighted by atomic mass is 35.5. The molecule has 2 unspecified atom stereocenters. The van der Waals surface area contributed by atoms with Gasteiger partial charge in [-0.15, -0.1) is 0 Å². The van der Waals surface area contributed by atoms with E-state index in [1.165, 1.54) is 18.2 Å². The quantitative estimate of drug-likeness (QED) is 0.900. The van der Waals surface area contributed by atoms with Crippen molar-refractivity contribution in [2.75, 3.05) is 18.4 Å². The van der Waals surface area contributed by atoms with Crippen LogP contribution in [0.3, 0.4) is 0 Å². The summed E-state index contributed by atoms with van der Waals surface area (Å²) in [4.78, 5) is 14.1. The number of anilines is 1. The van der Waals surface area contributed by atoms with E-state index in [1.807, 2.05) is 0 Å². The normalized spacial score (nSPS) is 23.6. The number of amides is 1. The first-order valence-corrected chi connectivity index (χ1v) is 7.08. The van der Waals surface area contributed by atoms with Crippen molar-refractivity contribution in [2.45, 2.75) is 31.8 Å². The number of benzene rings is 1. The van der Waals surface area contributed by atoms with Gasteiger partial charge in [-0.1, -0.05) is 11.6 Å². The zero-order chi connectivity index (χ0) is 14.7. The molecule has 3 N–H and O–H groups in total. The van der Waals surface area contributed by atoms with Gasteiger partial charge in [-0.25, -0.2) is 4.39 Å². The van der Waals surface area contributed by atoms with Crippen molar-refractivity contribution >= 4 is 23.2 Å². The second-order valence-electron chi connectivity index (χ2n) is 5.28. The fourth-order valence-corrected chi connectivity index (χ4v) is 2.63. The molecule has 2 rings (SSSR count). The molecule has 6 heteroatoms. The highest BCUT2D eigenvalue weighted by Crippen LogP contribution is 2.20. The summed E-state index contributed by atoms with van der Waals surface area (Å²) in [5.74, 6) is -0.627. The van der Waals surface area contributed by atoms with E-state index in [-0.39, 0.29) is 17.0 Å². The van der Waals surface area contributed by atoms with Gasteiger partial charge in [0.1, 0.15) is 5.82 Å². The Hall–Kier alpha value is -1.17. The van der Waals surface area contributed by atoms with Crippen LogP contribution in [0.4, 0.5) is 10.1 Å². The van der Waals surface area contributed by atoms with E-state index in [0.29, 0.717) is 18.3 Å². The molecule has 0 bridgehead atoms. The van der Waals surface area contributed by atoms with Crippen LogP contribution in [0.15, 0.2) is 18.2 Å². The fourth-order valence-electron chi connectivity index (χ4n) is 2.45. The van der Waals surface area contributed by atoms with E-state index < -0.39 is 5.82 Å². The summed E-state index contributed by atoms with van der Waals surface area (Å²) >= 11 is 5.68. The van der Waals surface area contributed by atoms with Gasteiger partial charge >= 0.3 is 0 Å². The molecule has 0 aromatic heterocycles. The number of piperidine rings is 1. The van der Waals surface area contributed by atoms with Crippen LogP contribution < -0.4 is 11.1 Å². The average Bonchev–Trinajstić information content (AvgIpc) is 2.37. The van der Waals surface area contributed by atoms with Crippen LogP contribution in [0, 0.1) is 5.82 Å². The second kappa shape index (κ2) is 6.52. The van der Waals surface area contributed by atoms with E-state index in [4.69, 9.17) is 17.3 Å². The molecule has 1 aromatic carbocycles. The summed E-state index contributed by atoms with van der Waals surface area (Å²) < 4.78 is 13.0. The number of hydrogen-bond acceptors (Lipinski definition) is 3. The van der Waals surface area contributed by atoms with Gasteiger partial charge in [-0.3, -0.25) is 9.69 Å². The van der Waals surface area contributed by atoms with Gasteiger partial charge in [0.2, 0.25) is 5.91 Å². The first kappa shape index (κ1) is 15.2. The van der Waals surface area contributed by atoms with E-state index >= 15 is 0 Å². The Bertz CT molecular complexity index is 497. The Labute approximate surface area is 123 Å². The molecule has 0 saturated carbocycles. The van der Waals surface area contributed by atoms with Gasteiger partial charge in [0.15, 0.2) is 0 Å². The lowest BCUT2D eigenvalue weighted by molar-refractivity contribution is -0.118. The maximum atomic E-state index is 13.0. The molecule has 1 aliphatic heterocycles. The molecule has 1 aliphatic rings. The molecular weight excluding hydrogens is 281 g/mol. The average molecular weight is 300 g/mol. The number of nitrogens with two attached hydrogens (primary N) is 1. The molecule has 0 spiro atoms. The van der Waals surface area contributed by atoms with Crippen molar-refractivity contribution in [1.82, 2.24) is 4.90 Å². The van der Waals surface area contributed by atoms with Crippen molar-refractivity contribution in [3.05, 3.63) is 29.0 Å². The van der Waals surface area contributed by atoms with Crippen LogP contribution in [0.25, 0.3) is 0 Å². The van der Waals surface area contributed by atoms with E-state index in [1.54, 1.807) is 0 Å².